The van der Waals surface area contributed by atoms with Gasteiger partial charge in [0, 0.05) is 25.5 Å². The summed E-state index contributed by atoms with van der Waals surface area (Å²) in [7, 11) is 0. The average molecular weight is 610 g/mol. The number of hydrogen-bond acceptors (Lipinski definition) is 8. The van der Waals surface area contributed by atoms with E-state index in [4.69, 9.17) is 9.26 Å². The monoisotopic (exact) mass is 609 g/mol. The summed E-state index contributed by atoms with van der Waals surface area (Å²) < 4.78 is 14.1. The van der Waals surface area contributed by atoms with Gasteiger partial charge < -0.3 is 19.0 Å². The molecule has 1 unspecified atom stereocenters. The molecular formula is C34H63N3O4S. The van der Waals surface area contributed by atoms with E-state index in [9.17, 15) is 9.59 Å². The van der Waals surface area contributed by atoms with Crippen LogP contribution in [0.4, 0.5) is 0 Å². The van der Waals surface area contributed by atoms with Crippen LogP contribution in [0, 0.1) is 0 Å². The number of unbranched alkanes of at least 4 members (excludes halogenated alkanes) is 14. The van der Waals surface area contributed by atoms with Crippen molar-refractivity contribution in [3.05, 3.63) is 18.0 Å². The lowest BCUT2D eigenvalue weighted by Crippen LogP contribution is -2.29. The second-order valence-corrected chi connectivity index (χ2v) is 12.6. The van der Waals surface area contributed by atoms with Gasteiger partial charge in [0.15, 0.2) is 0 Å². The van der Waals surface area contributed by atoms with Crippen LogP contribution < -0.4 is 4.72 Å². The van der Waals surface area contributed by atoms with E-state index in [1.807, 2.05) is 6.07 Å². The zero-order valence-electron chi connectivity index (χ0n) is 27.1. The quantitative estimate of drug-likeness (QED) is 0.0375. The van der Waals surface area contributed by atoms with Gasteiger partial charge in [-0.3, -0.25) is 9.52 Å². The summed E-state index contributed by atoms with van der Waals surface area (Å²) in [5, 5.41) is 3.95. The molecule has 1 aromatic heterocycles. The van der Waals surface area contributed by atoms with Crippen molar-refractivity contribution < 1.29 is 18.8 Å². The van der Waals surface area contributed by atoms with Crippen LogP contribution in [0.5, 0.6) is 0 Å². The van der Waals surface area contributed by atoms with E-state index >= 15 is 0 Å². The van der Waals surface area contributed by atoms with Crippen molar-refractivity contribution in [2.75, 3.05) is 26.2 Å². The SMILES string of the molecule is CCCCCCCCC(CC)OC(=O)CCCCCCCN(CCCCCCCC=O)CCCNSCc1ccon1. The van der Waals surface area contributed by atoms with E-state index in [0.717, 1.165) is 88.9 Å². The minimum Gasteiger partial charge on any atom is -0.462 e. The van der Waals surface area contributed by atoms with Crippen molar-refractivity contribution in [2.45, 2.75) is 161 Å². The van der Waals surface area contributed by atoms with E-state index in [2.05, 4.69) is 28.6 Å². The number of aldehydes is 1. The first-order chi connectivity index (χ1) is 20.7. The Labute approximate surface area is 262 Å². The fourth-order valence-corrected chi connectivity index (χ4v) is 5.88. The van der Waals surface area contributed by atoms with Gasteiger partial charge in [0.05, 0.1) is 11.4 Å². The molecule has 1 aromatic rings. The first-order valence-corrected chi connectivity index (χ1v) is 18.3. The molecule has 8 heteroatoms. The van der Waals surface area contributed by atoms with Crippen LogP contribution in [0.15, 0.2) is 16.9 Å². The van der Waals surface area contributed by atoms with E-state index in [1.54, 1.807) is 18.2 Å². The minimum atomic E-state index is -0.00188. The van der Waals surface area contributed by atoms with Crippen LogP contribution >= 0.6 is 11.9 Å². The normalized spacial score (nSPS) is 12.2. The lowest BCUT2D eigenvalue weighted by molar-refractivity contribution is -0.149. The number of aromatic nitrogens is 1. The number of nitrogens with zero attached hydrogens (tertiary/aromatic N) is 2. The van der Waals surface area contributed by atoms with Crippen LogP contribution in [0.3, 0.4) is 0 Å². The van der Waals surface area contributed by atoms with Crippen molar-refractivity contribution in [1.82, 2.24) is 14.8 Å². The van der Waals surface area contributed by atoms with Crippen LogP contribution in [0.25, 0.3) is 0 Å². The van der Waals surface area contributed by atoms with Gasteiger partial charge in [0.1, 0.15) is 18.7 Å². The molecule has 1 rings (SSSR count). The molecule has 0 spiro atoms. The maximum absolute atomic E-state index is 12.3. The maximum atomic E-state index is 12.3. The summed E-state index contributed by atoms with van der Waals surface area (Å²) in [4.78, 5) is 25.5. The minimum absolute atomic E-state index is 0.00188. The fraction of sp³-hybridized carbons (Fsp3) is 0.853. The molecule has 0 radical (unpaired) electrons. The molecule has 244 valence electrons. The molecule has 0 aliphatic carbocycles. The average Bonchev–Trinajstić information content (AvgIpc) is 3.52. The van der Waals surface area contributed by atoms with Crippen molar-refractivity contribution in [3.8, 4) is 0 Å². The van der Waals surface area contributed by atoms with Gasteiger partial charge in [-0.05, 0) is 71.0 Å². The Morgan fingerprint density at radius 3 is 2.21 bits per heavy atom. The lowest BCUT2D eigenvalue weighted by Gasteiger charge is -2.22. The van der Waals surface area contributed by atoms with Gasteiger partial charge >= 0.3 is 5.97 Å². The third kappa shape index (κ3) is 24.1. The van der Waals surface area contributed by atoms with E-state index < -0.39 is 0 Å². The second kappa shape index (κ2) is 29.7. The Balaban J connectivity index is 2.15. The zero-order valence-corrected chi connectivity index (χ0v) is 27.9. The highest BCUT2D eigenvalue weighted by molar-refractivity contribution is 7.96. The Morgan fingerprint density at radius 1 is 0.905 bits per heavy atom. The van der Waals surface area contributed by atoms with Crippen LogP contribution in [-0.4, -0.2) is 54.6 Å². The Hall–Kier alpha value is -1.38. The summed E-state index contributed by atoms with van der Waals surface area (Å²) >= 11 is 1.69. The molecule has 42 heavy (non-hydrogen) atoms. The van der Waals surface area contributed by atoms with Crippen LogP contribution in [0.2, 0.25) is 0 Å². The molecule has 0 saturated heterocycles. The van der Waals surface area contributed by atoms with Gasteiger partial charge in [0.2, 0.25) is 0 Å². The number of carbonyl (C=O) groups excluding carboxylic acids is 2. The molecule has 1 heterocycles. The molecule has 7 nitrogen and oxygen atoms in total. The van der Waals surface area contributed by atoms with Crippen molar-refractivity contribution in [1.29, 1.82) is 0 Å². The summed E-state index contributed by atoms with van der Waals surface area (Å²) in [6.45, 7) is 8.78. The summed E-state index contributed by atoms with van der Waals surface area (Å²) in [5.74, 6) is 0.818. The first-order valence-electron chi connectivity index (χ1n) is 17.3. The number of hydrogen-bond donors (Lipinski definition) is 1. The largest absolute Gasteiger partial charge is 0.462 e. The topological polar surface area (TPSA) is 84.7 Å². The summed E-state index contributed by atoms with van der Waals surface area (Å²) in [6.07, 6.45) is 26.3. The molecule has 0 aliphatic rings. The molecule has 1 atom stereocenters. The standard InChI is InChI=1S/C34H63N3O4S/c1-3-5-6-7-11-16-22-33(4-2)41-34(39)23-17-12-10-14-19-27-37(26-18-13-8-9-15-20-29-38)28-21-25-35-42-31-32-24-30-40-36-32/h24,29-30,33,35H,3-23,25-28,31H2,1-2H3. The zero-order chi connectivity index (χ0) is 30.4. The van der Waals surface area contributed by atoms with Crippen LogP contribution in [0.1, 0.15) is 154 Å². The Kier molecular flexibility index (Phi) is 27.3. The third-order valence-electron chi connectivity index (χ3n) is 7.85. The van der Waals surface area contributed by atoms with E-state index in [1.165, 1.54) is 77.0 Å². The Morgan fingerprint density at radius 2 is 1.55 bits per heavy atom. The number of carbonyl (C=O) groups is 2. The van der Waals surface area contributed by atoms with Crippen molar-refractivity contribution in [2.24, 2.45) is 0 Å². The predicted octanol–water partition coefficient (Wildman–Crippen LogP) is 9.06. The second-order valence-electron chi connectivity index (χ2n) is 11.7. The highest BCUT2D eigenvalue weighted by Gasteiger charge is 2.12. The molecule has 1 N–H and O–H groups in total. The summed E-state index contributed by atoms with van der Waals surface area (Å²) in [5.41, 5.74) is 0.966. The Bertz CT molecular complexity index is 720. The van der Waals surface area contributed by atoms with Gasteiger partial charge in [0.25, 0.3) is 0 Å². The third-order valence-corrected chi connectivity index (χ3v) is 8.70. The maximum Gasteiger partial charge on any atom is 0.306 e. The van der Waals surface area contributed by atoms with Crippen molar-refractivity contribution in [3.63, 3.8) is 0 Å². The molecule has 0 saturated carbocycles. The number of esters is 1. The molecular weight excluding hydrogens is 546 g/mol. The van der Waals surface area contributed by atoms with Crippen LogP contribution in [-0.2, 0) is 20.1 Å². The van der Waals surface area contributed by atoms with Gasteiger partial charge in [-0.2, -0.15) is 0 Å². The molecule has 0 amide bonds. The summed E-state index contributed by atoms with van der Waals surface area (Å²) in [6, 6.07) is 1.90. The predicted molar refractivity (Wildman–Crippen MR) is 176 cm³/mol. The van der Waals surface area contributed by atoms with Crippen molar-refractivity contribution >= 4 is 24.2 Å². The van der Waals surface area contributed by atoms with Gasteiger partial charge in [-0.1, -0.05) is 102 Å². The number of nitrogens with one attached hydrogen (secondary N) is 1. The molecule has 0 bridgehead atoms. The highest BCUT2D eigenvalue weighted by atomic mass is 32.2. The molecule has 0 aromatic carbocycles. The number of rotatable bonds is 32. The molecule has 0 aliphatic heterocycles. The van der Waals surface area contributed by atoms with E-state index in [0.29, 0.717) is 12.8 Å². The number of ether oxygens (including phenoxy) is 1. The molecule has 0 fully saturated rings. The van der Waals surface area contributed by atoms with E-state index in [-0.39, 0.29) is 12.1 Å². The fourth-order valence-electron chi connectivity index (χ4n) is 5.19. The van der Waals surface area contributed by atoms with Gasteiger partial charge in [-0.25, -0.2) is 0 Å². The first kappa shape index (κ1) is 38.6. The smallest absolute Gasteiger partial charge is 0.306 e. The lowest BCUT2D eigenvalue weighted by atomic mass is 10.1. The van der Waals surface area contributed by atoms with Gasteiger partial charge in [-0.15, -0.1) is 0 Å². The highest BCUT2D eigenvalue weighted by Crippen LogP contribution is 2.15.